The molecule has 1 unspecified atom stereocenters. The molecule has 1 fully saturated rings. The second-order valence-corrected chi connectivity index (χ2v) is 7.04. The van der Waals surface area contributed by atoms with Gasteiger partial charge < -0.3 is 20.3 Å². The Labute approximate surface area is 146 Å². The second-order valence-electron chi connectivity index (χ2n) is 6.12. The fourth-order valence-corrected chi connectivity index (χ4v) is 4.06. The highest BCUT2D eigenvalue weighted by molar-refractivity contribution is 7.14. The van der Waals surface area contributed by atoms with Crippen LogP contribution < -0.4 is 10.6 Å². The number of anilines is 2. The molecule has 0 radical (unpaired) electrons. The maximum absolute atomic E-state index is 5.24. The first-order valence-corrected chi connectivity index (χ1v) is 9.23. The summed E-state index contributed by atoms with van der Waals surface area (Å²) in [6.07, 6.45) is 1.02. The summed E-state index contributed by atoms with van der Waals surface area (Å²) in [5.41, 5.74) is 3.27. The Bertz CT molecular complexity index is 742. The first kappa shape index (κ1) is 15.6. The standard InChI is InChI=1S/C18H22N4OS/c1-23-10-6-13-12-22(9-8-19-13)17-14-7-11-24-18(14)21-16-5-3-2-4-15(16)20-17/h2-5,7,11,13,19,21H,6,8-10,12H2,1H3. The zero-order valence-electron chi connectivity index (χ0n) is 13.8. The van der Waals surface area contributed by atoms with E-state index in [1.807, 2.05) is 12.1 Å². The van der Waals surface area contributed by atoms with E-state index in [1.54, 1.807) is 18.4 Å². The van der Waals surface area contributed by atoms with Crippen LogP contribution in [0.5, 0.6) is 0 Å². The molecule has 6 heteroatoms. The molecular weight excluding hydrogens is 320 g/mol. The highest BCUT2D eigenvalue weighted by Crippen LogP contribution is 2.37. The summed E-state index contributed by atoms with van der Waals surface area (Å²) < 4.78 is 5.24. The Morgan fingerprint density at radius 1 is 1.33 bits per heavy atom. The summed E-state index contributed by atoms with van der Waals surface area (Å²) in [5, 5.41) is 10.4. The van der Waals surface area contributed by atoms with Crippen LogP contribution in [0.2, 0.25) is 0 Å². The van der Waals surface area contributed by atoms with Crippen molar-refractivity contribution >= 4 is 33.5 Å². The average molecular weight is 342 g/mol. The van der Waals surface area contributed by atoms with Gasteiger partial charge in [0.05, 0.1) is 16.9 Å². The lowest BCUT2D eigenvalue weighted by molar-refractivity contribution is 0.168. The van der Waals surface area contributed by atoms with Gasteiger partial charge in [0, 0.05) is 39.4 Å². The second kappa shape index (κ2) is 6.93. The molecule has 2 aliphatic rings. The first-order chi connectivity index (χ1) is 11.8. The van der Waals surface area contributed by atoms with E-state index in [2.05, 4.69) is 39.1 Å². The zero-order chi connectivity index (χ0) is 16.4. The molecule has 24 heavy (non-hydrogen) atoms. The number of hydrogen-bond donors (Lipinski definition) is 2. The van der Waals surface area contributed by atoms with Gasteiger partial charge in [-0.1, -0.05) is 12.1 Å². The van der Waals surface area contributed by atoms with E-state index in [1.165, 1.54) is 10.6 Å². The van der Waals surface area contributed by atoms with Gasteiger partial charge in [-0.3, -0.25) is 0 Å². The monoisotopic (exact) mass is 342 g/mol. The number of benzene rings is 1. The van der Waals surface area contributed by atoms with E-state index >= 15 is 0 Å². The van der Waals surface area contributed by atoms with Gasteiger partial charge in [-0.25, -0.2) is 4.99 Å². The van der Waals surface area contributed by atoms with Crippen molar-refractivity contribution in [3.63, 3.8) is 0 Å². The molecule has 1 saturated heterocycles. The van der Waals surface area contributed by atoms with Gasteiger partial charge in [0.1, 0.15) is 10.8 Å². The number of nitrogens with zero attached hydrogens (tertiary/aromatic N) is 2. The predicted octanol–water partition coefficient (Wildman–Crippen LogP) is 3.19. The molecule has 2 aliphatic heterocycles. The van der Waals surface area contributed by atoms with Crippen molar-refractivity contribution in [3.8, 4) is 0 Å². The van der Waals surface area contributed by atoms with Crippen LogP contribution >= 0.6 is 11.3 Å². The normalized spacial score (nSPS) is 19.8. The molecule has 0 bridgehead atoms. The van der Waals surface area contributed by atoms with Crippen LogP contribution in [0, 0.1) is 0 Å². The highest BCUT2D eigenvalue weighted by Gasteiger charge is 2.26. The Hall–Kier alpha value is -1.89. The number of amidine groups is 1. The topological polar surface area (TPSA) is 48.9 Å². The molecule has 0 aliphatic carbocycles. The van der Waals surface area contributed by atoms with E-state index in [9.17, 15) is 0 Å². The van der Waals surface area contributed by atoms with Gasteiger partial charge in [0.2, 0.25) is 0 Å². The lowest BCUT2D eigenvalue weighted by Gasteiger charge is -2.35. The number of rotatable bonds is 3. The number of piperazine rings is 1. The third kappa shape index (κ3) is 3.05. The van der Waals surface area contributed by atoms with Crippen LogP contribution in [-0.2, 0) is 4.74 Å². The molecule has 1 aromatic heterocycles. The summed E-state index contributed by atoms with van der Waals surface area (Å²) >= 11 is 1.73. The number of thiophene rings is 1. The van der Waals surface area contributed by atoms with E-state index in [4.69, 9.17) is 9.73 Å². The van der Waals surface area contributed by atoms with Gasteiger partial charge in [0.25, 0.3) is 0 Å². The minimum absolute atomic E-state index is 0.440. The van der Waals surface area contributed by atoms with Crippen molar-refractivity contribution in [2.45, 2.75) is 12.5 Å². The van der Waals surface area contributed by atoms with Crippen molar-refractivity contribution in [1.29, 1.82) is 0 Å². The predicted molar refractivity (Wildman–Crippen MR) is 100 cm³/mol. The molecule has 1 aromatic carbocycles. The highest BCUT2D eigenvalue weighted by atomic mass is 32.1. The van der Waals surface area contributed by atoms with Crippen molar-refractivity contribution in [3.05, 3.63) is 41.3 Å². The molecular formula is C18H22N4OS. The van der Waals surface area contributed by atoms with Crippen LogP contribution in [-0.4, -0.2) is 50.1 Å². The minimum Gasteiger partial charge on any atom is -0.385 e. The fourth-order valence-electron chi connectivity index (χ4n) is 3.27. The summed E-state index contributed by atoms with van der Waals surface area (Å²) in [6, 6.07) is 10.9. The summed E-state index contributed by atoms with van der Waals surface area (Å²) in [6.45, 7) is 3.69. The van der Waals surface area contributed by atoms with Crippen LogP contribution in [0.25, 0.3) is 0 Å². The number of nitrogens with one attached hydrogen (secondary N) is 2. The summed E-state index contributed by atoms with van der Waals surface area (Å²) in [7, 11) is 1.76. The van der Waals surface area contributed by atoms with E-state index in [0.717, 1.165) is 49.9 Å². The third-order valence-electron chi connectivity index (χ3n) is 4.51. The maximum atomic E-state index is 5.24. The third-order valence-corrected chi connectivity index (χ3v) is 5.34. The Morgan fingerprint density at radius 2 is 2.25 bits per heavy atom. The SMILES string of the molecule is COCCC1CN(C2=Nc3ccccc3Nc3sccc32)CCN1. The van der Waals surface area contributed by atoms with E-state index in [-0.39, 0.29) is 0 Å². The van der Waals surface area contributed by atoms with E-state index < -0.39 is 0 Å². The Morgan fingerprint density at radius 3 is 3.17 bits per heavy atom. The number of aliphatic imine (C=N–C) groups is 1. The van der Waals surface area contributed by atoms with Gasteiger partial charge in [-0.15, -0.1) is 11.3 Å². The van der Waals surface area contributed by atoms with Crippen LogP contribution in [0.1, 0.15) is 12.0 Å². The fraction of sp³-hybridized carbons (Fsp3) is 0.389. The largest absolute Gasteiger partial charge is 0.385 e. The summed E-state index contributed by atoms with van der Waals surface area (Å²) in [4.78, 5) is 7.43. The number of para-hydroxylation sites is 2. The molecule has 4 rings (SSSR count). The molecule has 0 saturated carbocycles. The molecule has 0 spiro atoms. The quantitative estimate of drug-likeness (QED) is 0.899. The smallest absolute Gasteiger partial charge is 0.139 e. The molecule has 126 valence electrons. The minimum atomic E-state index is 0.440. The molecule has 5 nitrogen and oxygen atoms in total. The molecule has 2 N–H and O–H groups in total. The lowest BCUT2D eigenvalue weighted by atomic mass is 10.1. The number of methoxy groups -OCH3 is 1. The number of fused-ring (bicyclic) bond motifs is 2. The van der Waals surface area contributed by atoms with Gasteiger partial charge >= 0.3 is 0 Å². The van der Waals surface area contributed by atoms with Crippen LogP contribution in [0.4, 0.5) is 16.4 Å². The van der Waals surface area contributed by atoms with Gasteiger partial charge in [-0.2, -0.15) is 0 Å². The molecule has 1 atom stereocenters. The maximum Gasteiger partial charge on any atom is 0.139 e. The van der Waals surface area contributed by atoms with Crippen LogP contribution in [0.3, 0.4) is 0 Å². The van der Waals surface area contributed by atoms with Crippen molar-refractivity contribution in [2.24, 2.45) is 4.99 Å². The van der Waals surface area contributed by atoms with Crippen LogP contribution in [0.15, 0.2) is 40.7 Å². The van der Waals surface area contributed by atoms with E-state index in [0.29, 0.717) is 6.04 Å². The molecule has 3 heterocycles. The average Bonchev–Trinajstić information content (AvgIpc) is 3.01. The lowest BCUT2D eigenvalue weighted by Crippen LogP contribution is -2.53. The Balaban J connectivity index is 1.67. The number of hydrogen-bond acceptors (Lipinski definition) is 6. The van der Waals surface area contributed by atoms with Crippen molar-refractivity contribution in [1.82, 2.24) is 10.2 Å². The first-order valence-electron chi connectivity index (χ1n) is 8.35. The Kier molecular flexibility index (Phi) is 4.51. The molecule has 0 amide bonds. The number of ether oxygens (including phenoxy) is 1. The molecule has 2 aromatic rings. The summed E-state index contributed by atoms with van der Waals surface area (Å²) in [5.74, 6) is 1.08. The van der Waals surface area contributed by atoms with Gasteiger partial charge in [0.15, 0.2) is 0 Å². The van der Waals surface area contributed by atoms with Crippen molar-refractivity contribution < 1.29 is 4.74 Å². The zero-order valence-corrected chi connectivity index (χ0v) is 14.6. The van der Waals surface area contributed by atoms with Gasteiger partial charge in [-0.05, 0) is 30.0 Å². The van der Waals surface area contributed by atoms with Crippen molar-refractivity contribution in [2.75, 3.05) is 38.7 Å².